The molecule has 1 aliphatic heterocycles. The van der Waals surface area contributed by atoms with Gasteiger partial charge in [-0.3, -0.25) is 4.79 Å². The van der Waals surface area contributed by atoms with Gasteiger partial charge in [0.05, 0.1) is 0 Å². The van der Waals surface area contributed by atoms with Gasteiger partial charge < -0.3 is 20.1 Å². The summed E-state index contributed by atoms with van der Waals surface area (Å²) in [4.78, 5) is 20.4. The summed E-state index contributed by atoms with van der Waals surface area (Å²) in [7, 11) is 0. The van der Waals surface area contributed by atoms with Gasteiger partial charge >= 0.3 is 0 Å². The number of rotatable bonds is 5. The third-order valence-corrected chi connectivity index (χ3v) is 3.98. The van der Waals surface area contributed by atoms with E-state index in [0.29, 0.717) is 18.0 Å². The molecule has 1 aromatic heterocycles. The highest BCUT2D eigenvalue weighted by Crippen LogP contribution is 2.32. The van der Waals surface area contributed by atoms with Gasteiger partial charge in [-0.25, -0.2) is 18.7 Å². The van der Waals surface area contributed by atoms with Crippen LogP contribution in [0.15, 0.2) is 48.7 Å². The van der Waals surface area contributed by atoms with Crippen LogP contribution in [0, 0.1) is 11.6 Å². The van der Waals surface area contributed by atoms with E-state index < -0.39 is 23.2 Å². The van der Waals surface area contributed by atoms with E-state index in [2.05, 4.69) is 20.6 Å². The maximum atomic E-state index is 13.7. The van der Waals surface area contributed by atoms with Gasteiger partial charge in [-0.05, 0) is 35.9 Å². The molecule has 2 aromatic carbocycles. The maximum Gasteiger partial charge on any atom is 0.274 e. The summed E-state index contributed by atoms with van der Waals surface area (Å²) in [6.45, 7) is 0.568. The van der Waals surface area contributed by atoms with Gasteiger partial charge in [-0.2, -0.15) is 0 Å². The number of halogens is 2. The van der Waals surface area contributed by atoms with Crippen LogP contribution in [0.3, 0.4) is 0 Å². The minimum atomic E-state index is -0.872. The van der Waals surface area contributed by atoms with Crippen LogP contribution in [0.25, 0.3) is 0 Å². The number of nitrogens with zero attached hydrogens (tertiary/aromatic N) is 2. The number of hydrogen-bond acceptors (Lipinski definition) is 6. The molecule has 142 valence electrons. The molecule has 0 saturated carbocycles. The van der Waals surface area contributed by atoms with Gasteiger partial charge in [-0.15, -0.1) is 0 Å². The Hall–Kier alpha value is -3.75. The molecule has 28 heavy (non-hydrogen) atoms. The normalized spacial score (nSPS) is 11.9. The summed E-state index contributed by atoms with van der Waals surface area (Å²) in [5.74, 6) is -0.969. The van der Waals surface area contributed by atoms with E-state index in [1.54, 1.807) is 6.07 Å². The largest absolute Gasteiger partial charge is 0.454 e. The monoisotopic (exact) mass is 384 g/mol. The van der Waals surface area contributed by atoms with Crippen molar-refractivity contribution in [2.24, 2.45) is 0 Å². The van der Waals surface area contributed by atoms with Crippen LogP contribution in [0.2, 0.25) is 0 Å². The van der Waals surface area contributed by atoms with Crippen molar-refractivity contribution in [3.63, 3.8) is 0 Å². The fourth-order valence-corrected chi connectivity index (χ4v) is 2.60. The number of benzene rings is 2. The Morgan fingerprint density at radius 3 is 2.68 bits per heavy atom. The first-order valence-corrected chi connectivity index (χ1v) is 8.31. The minimum Gasteiger partial charge on any atom is -0.454 e. The highest BCUT2D eigenvalue weighted by Gasteiger charge is 2.16. The van der Waals surface area contributed by atoms with Crippen LogP contribution < -0.4 is 20.1 Å². The number of carbonyl (C=O) groups excluding carboxylic acids is 1. The van der Waals surface area contributed by atoms with Crippen molar-refractivity contribution in [2.45, 2.75) is 6.54 Å². The number of carbonyl (C=O) groups is 1. The van der Waals surface area contributed by atoms with Crippen molar-refractivity contribution in [3.05, 3.63) is 71.6 Å². The van der Waals surface area contributed by atoms with E-state index in [-0.39, 0.29) is 18.4 Å². The van der Waals surface area contributed by atoms with Gasteiger partial charge in [0.25, 0.3) is 5.91 Å². The van der Waals surface area contributed by atoms with Crippen molar-refractivity contribution >= 4 is 17.5 Å². The summed E-state index contributed by atoms with van der Waals surface area (Å²) >= 11 is 0. The molecule has 0 saturated heterocycles. The summed E-state index contributed by atoms with van der Waals surface area (Å²) in [5.41, 5.74) is 0.336. The first-order chi connectivity index (χ1) is 13.6. The molecule has 1 aliphatic rings. The first-order valence-electron chi connectivity index (χ1n) is 8.31. The fraction of sp³-hybridized carbons (Fsp3) is 0.105. The second-order valence-corrected chi connectivity index (χ2v) is 5.86. The van der Waals surface area contributed by atoms with E-state index in [0.717, 1.165) is 17.7 Å². The van der Waals surface area contributed by atoms with Crippen LogP contribution in [0.5, 0.6) is 11.5 Å². The predicted molar refractivity (Wildman–Crippen MR) is 96.2 cm³/mol. The average molecular weight is 384 g/mol. The summed E-state index contributed by atoms with van der Waals surface area (Å²) in [6.07, 6.45) is 1.38. The Labute approximate surface area is 158 Å². The number of aromatic nitrogens is 2. The average Bonchev–Trinajstić information content (AvgIpc) is 3.17. The highest BCUT2D eigenvalue weighted by molar-refractivity contribution is 6.03. The Balaban J connectivity index is 1.44. The van der Waals surface area contributed by atoms with Gasteiger partial charge in [0, 0.05) is 12.7 Å². The molecule has 0 bridgehead atoms. The Morgan fingerprint density at radius 2 is 1.86 bits per heavy atom. The summed E-state index contributed by atoms with van der Waals surface area (Å²) in [5, 5.41) is 5.17. The molecule has 1 amide bonds. The molecular weight excluding hydrogens is 370 g/mol. The first kappa shape index (κ1) is 17.7. The number of para-hydroxylation sites is 1. The lowest BCUT2D eigenvalue weighted by Crippen LogP contribution is -2.17. The summed E-state index contributed by atoms with van der Waals surface area (Å²) < 4.78 is 38.0. The molecule has 0 spiro atoms. The molecule has 0 aliphatic carbocycles. The smallest absolute Gasteiger partial charge is 0.274 e. The fourth-order valence-electron chi connectivity index (χ4n) is 2.60. The maximum absolute atomic E-state index is 13.7. The third kappa shape index (κ3) is 3.68. The molecule has 7 nitrogen and oxygen atoms in total. The minimum absolute atomic E-state index is 0.0363. The molecule has 0 fully saturated rings. The third-order valence-electron chi connectivity index (χ3n) is 3.98. The lowest BCUT2D eigenvalue weighted by molar-refractivity contribution is 0.102. The number of amides is 1. The zero-order valence-electron chi connectivity index (χ0n) is 14.4. The van der Waals surface area contributed by atoms with E-state index in [4.69, 9.17) is 9.47 Å². The Bertz CT molecular complexity index is 1030. The highest BCUT2D eigenvalue weighted by atomic mass is 19.1. The molecular formula is C19H14F2N4O3. The predicted octanol–water partition coefficient (Wildman–Crippen LogP) is 3.35. The SMILES string of the molecule is O=C(Nc1c(F)cccc1F)c1ccnc(NCc2ccc3c(c2)OCO3)n1. The van der Waals surface area contributed by atoms with Crippen molar-refractivity contribution in [3.8, 4) is 11.5 Å². The summed E-state index contributed by atoms with van der Waals surface area (Å²) in [6, 6.07) is 10.1. The second-order valence-electron chi connectivity index (χ2n) is 5.86. The van der Waals surface area contributed by atoms with Crippen molar-refractivity contribution in [1.82, 2.24) is 9.97 Å². The Kier molecular flexibility index (Phi) is 4.71. The van der Waals surface area contributed by atoms with E-state index >= 15 is 0 Å². The molecule has 0 radical (unpaired) electrons. The van der Waals surface area contributed by atoms with Crippen LogP contribution in [-0.2, 0) is 6.54 Å². The lowest BCUT2D eigenvalue weighted by Gasteiger charge is -2.09. The number of anilines is 2. The lowest BCUT2D eigenvalue weighted by atomic mass is 10.2. The van der Waals surface area contributed by atoms with Crippen LogP contribution in [0.4, 0.5) is 20.4 Å². The number of hydrogen-bond donors (Lipinski definition) is 2. The zero-order chi connectivity index (χ0) is 19.5. The van der Waals surface area contributed by atoms with Crippen LogP contribution in [-0.4, -0.2) is 22.7 Å². The molecule has 4 rings (SSSR count). The van der Waals surface area contributed by atoms with Crippen molar-refractivity contribution in [2.75, 3.05) is 17.4 Å². The standard InChI is InChI=1S/C19H14F2N4O3/c20-12-2-1-3-13(21)17(12)25-18(26)14-6-7-22-19(24-14)23-9-11-4-5-15-16(8-11)28-10-27-15/h1-8H,9-10H2,(H,25,26)(H,22,23,24). The molecule has 2 heterocycles. The molecule has 0 unspecified atom stereocenters. The van der Waals surface area contributed by atoms with Crippen LogP contribution in [0.1, 0.15) is 16.1 Å². The van der Waals surface area contributed by atoms with E-state index in [9.17, 15) is 13.6 Å². The van der Waals surface area contributed by atoms with Gasteiger partial charge in [0.15, 0.2) is 11.5 Å². The number of ether oxygens (including phenoxy) is 2. The molecule has 3 aromatic rings. The number of fused-ring (bicyclic) bond motifs is 1. The second kappa shape index (κ2) is 7.47. The van der Waals surface area contributed by atoms with E-state index in [1.165, 1.54) is 18.3 Å². The van der Waals surface area contributed by atoms with Gasteiger partial charge in [-0.1, -0.05) is 12.1 Å². The van der Waals surface area contributed by atoms with Crippen LogP contribution >= 0.6 is 0 Å². The Morgan fingerprint density at radius 1 is 1.07 bits per heavy atom. The molecule has 9 heteroatoms. The van der Waals surface area contributed by atoms with Crippen molar-refractivity contribution in [1.29, 1.82) is 0 Å². The quantitative estimate of drug-likeness (QED) is 0.702. The topological polar surface area (TPSA) is 85.4 Å². The van der Waals surface area contributed by atoms with Gasteiger partial charge in [0.2, 0.25) is 12.7 Å². The molecule has 2 N–H and O–H groups in total. The van der Waals surface area contributed by atoms with Gasteiger partial charge in [0.1, 0.15) is 23.0 Å². The molecule has 0 atom stereocenters. The zero-order valence-corrected chi connectivity index (χ0v) is 14.4. The van der Waals surface area contributed by atoms with Crippen molar-refractivity contribution < 1.29 is 23.0 Å². The number of nitrogens with one attached hydrogen (secondary N) is 2. The van der Waals surface area contributed by atoms with E-state index in [1.807, 2.05) is 12.1 Å².